The van der Waals surface area contributed by atoms with Crippen LogP contribution in [0.5, 0.6) is 5.75 Å². The van der Waals surface area contributed by atoms with Gasteiger partial charge in [0, 0.05) is 24.5 Å². The van der Waals surface area contributed by atoms with E-state index >= 15 is 0 Å². The van der Waals surface area contributed by atoms with Crippen LogP contribution in [0, 0.1) is 0 Å². The molecule has 1 heterocycles. The number of nitrogens with one attached hydrogen (secondary N) is 1. The van der Waals surface area contributed by atoms with Crippen molar-refractivity contribution >= 4 is 28.1 Å². The van der Waals surface area contributed by atoms with Crippen molar-refractivity contribution in [1.82, 2.24) is 4.98 Å². The van der Waals surface area contributed by atoms with Gasteiger partial charge in [-0.1, -0.05) is 17.7 Å². The number of hydrogen-bond acceptors (Lipinski definition) is 4. The lowest BCUT2D eigenvalue weighted by Crippen LogP contribution is -1.88. The van der Waals surface area contributed by atoms with Crippen LogP contribution in [0.15, 0.2) is 24.4 Å². The fourth-order valence-corrected chi connectivity index (χ4v) is 2.61. The minimum absolute atomic E-state index is 0.642. The maximum atomic E-state index is 6.08. The highest BCUT2D eigenvalue weighted by molar-refractivity contribution is 7.15. The quantitative estimate of drug-likeness (QED) is 0.922. The van der Waals surface area contributed by atoms with Crippen LogP contribution in [0.2, 0.25) is 5.02 Å². The highest BCUT2D eigenvalue weighted by atomic mass is 35.5. The fraction of sp³-hybridized carbons (Fsp3) is 0.250. The molecule has 1 aromatic heterocycles. The summed E-state index contributed by atoms with van der Waals surface area (Å²) in [5, 5.41) is 4.60. The van der Waals surface area contributed by atoms with Crippen molar-refractivity contribution in [3.05, 3.63) is 39.9 Å². The summed E-state index contributed by atoms with van der Waals surface area (Å²) < 4.78 is 5.12. The molecular formula is C12H13ClN2OS. The number of benzene rings is 1. The molecule has 2 rings (SSSR count). The molecule has 0 atom stereocenters. The molecule has 0 saturated heterocycles. The van der Waals surface area contributed by atoms with Gasteiger partial charge in [-0.05, 0) is 17.7 Å². The summed E-state index contributed by atoms with van der Waals surface area (Å²) in [4.78, 5) is 5.44. The molecule has 0 saturated carbocycles. The van der Waals surface area contributed by atoms with E-state index in [1.54, 1.807) is 18.4 Å². The lowest BCUT2D eigenvalue weighted by molar-refractivity contribution is 0.415. The Morgan fingerprint density at radius 3 is 2.88 bits per heavy atom. The Labute approximate surface area is 109 Å². The van der Waals surface area contributed by atoms with Gasteiger partial charge in [0.05, 0.1) is 12.1 Å². The van der Waals surface area contributed by atoms with Crippen LogP contribution >= 0.6 is 22.9 Å². The van der Waals surface area contributed by atoms with Crippen LogP contribution in [-0.2, 0) is 6.42 Å². The highest BCUT2D eigenvalue weighted by Gasteiger charge is 2.05. The molecular weight excluding hydrogens is 256 g/mol. The monoisotopic (exact) mass is 268 g/mol. The van der Waals surface area contributed by atoms with Crippen molar-refractivity contribution in [3.63, 3.8) is 0 Å². The van der Waals surface area contributed by atoms with E-state index in [1.165, 1.54) is 4.88 Å². The van der Waals surface area contributed by atoms with Crippen LogP contribution < -0.4 is 10.1 Å². The normalized spacial score (nSPS) is 10.3. The SMILES string of the molecule is CNc1ncc(Cc2ccc(OC)c(Cl)c2)s1. The molecule has 0 spiro atoms. The maximum absolute atomic E-state index is 6.08. The lowest BCUT2D eigenvalue weighted by Gasteiger charge is -2.04. The Kier molecular flexibility index (Phi) is 3.86. The molecule has 0 unspecified atom stereocenters. The summed E-state index contributed by atoms with van der Waals surface area (Å²) in [5.41, 5.74) is 1.15. The van der Waals surface area contributed by atoms with Crippen LogP contribution in [0.25, 0.3) is 0 Å². The molecule has 2 aromatic rings. The summed E-state index contributed by atoms with van der Waals surface area (Å²) in [6.07, 6.45) is 2.72. The zero-order chi connectivity index (χ0) is 12.3. The second kappa shape index (κ2) is 5.38. The molecule has 0 radical (unpaired) electrons. The first-order valence-corrected chi connectivity index (χ1v) is 6.37. The Hall–Kier alpha value is -1.26. The number of nitrogens with zero attached hydrogens (tertiary/aromatic N) is 1. The number of hydrogen-bond donors (Lipinski definition) is 1. The predicted octanol–water partition coefficient (Wildman–Crippen LogP) is 3.44. The Bertz CT molecular complexity index is 513. The van der Waals surface area contributed by atoms with Gasteiger partial charge < -0.3 is 10.1 Å². The summed E-state index contributed by atoms with van der Waals surface area (Å²) in [6.45, 7) is 0. The van der Waals surface area contributed by atoms with Gasteiger partial charge in [-0.15, -0.1) is 11.3 Å². The fourth-order valence-electron chi connectivity index (χ4n) is 1.53. The Morgan fingerprint density at radius 2 is 2.29 bits per heavy atom. The van der Waals surface area contributed by atoms with Gasteiger partial charge in [0.2, 0.25) is 0 Å². The molecule has 0 aliphatic heterocycles. The molecule has 1 N–H and O–H groups in total. The smallest absolute Gasteiger partial charge is 0.182 e. The third-order valence-corrected chi connectivity index (χ3v) is 3.67. The van der Waals surface area contributed by atoms with Crippen LogP contribution in [0.4, 0.5) is 5.13 Å². The molecule has 0 fully saturated rings. The lowest BCUT2D eigenvalue weighted by atomic mass is 10.1. The first-order valence-electron chi connectivity index (χ1n) is 5.18. The minimum Gasteiger partial charge on any atom is -0.495 e. The summed E-state index contributed by atoms with van der Waals surface area (Å²) in [7, 11) is 3.48. The van der Waals surface area contributed by atoms with Gasteiger partial charge in [-0.3, -0.25) is 0 Å². The van der Waals surface area contributed by atoms with Gasteiger partial charge in [-0.2, -0.15) is 0 Å². The largest absolute Gasteiger partial charge is 0.495 e. The minimum atomic E-state index is 0.642. The Morgan fingerprint density at radius 1 is 1.47 bits per heavy atom. The molecule has 0 amide bonds. The van der Waals surface area contributed by atoms with Crippen molar-refractivity contribution in [2.24, 2.45) is 0 Å². The van der Waals surface area contributed by atoms with E-state index in [4.69, 9.17) is 16.3 Å². The van der Waals surface area contributed by atoms with E-state index < -0.39 is 0 Å². The number of methoxy groups -OCH3 is 1. The van der Waals surface area contributed by atoms with E-state index in [1.807, 2.05) is 31.4 Å². The zero-order valence-electron chi connectivity index (χ0n) is 9.66. The van der Waals surface area contributed by atoms with E-state index in [-0.39, 0.29) is 0 Å². The molecule has 5 heteroatoms. The van der Waals surface area contributed by atoms with Gasteiger partial charge in [0.25, 0.3) is 0 Å². The molecule has 90 valence electrons. The topological polar surface area (TPSA) is 34.2 Å². The van der Waals surface area contributed by atoms with E-state index in [9.17, 15) is 0 Å². The number of halogens is 1. The van der Waals surface area contributed by atoms with Crippen LogP contribution in [0.1, 0.15) is 10.4 Å². The van der Waals surface area contributed by atoms with Gasteiger partial charge >= 0.3 is 0 Å². The number of anilines is 1. The van der Waals surface area contributed by atoms with Crippen LogP contribution in [-0.4, -0.2) is 19.1 Å². The number of thiazole rings is 1. The van der Waals surface area contributed by atoms with Gasteiger partial charge in [0.1, 0.15) is 5.75 Å². The standard InChI is InChI=1S/C12H13ClN2OS/c1-14-12-15-7-9(17-12)5-8-3-4-11(16-2)10(13)6-8/h3-4,6-7H,5H2,1-2H3,(H,14,15). The second-order valence-electron chi connectivity index (χ2n) is 3.53. The first kappa shape index (κ1) is 12.2. The van der Waals surface area contributed by atoms with E-state index in [2.05, 4.69) is 10.3 Å². The molecule has 3 nitrogen and oxygen atoms in total. The third-order valence-electron chi connectivity index (χ3n) is 2.36. The second-order valence-corrected chi connectivity index (χ2v) is 5.05. The molecule has 0 aliphatic rings. The predicted molar refractivity (Wildman–Crippen MR) is 72.5 cm³/mol. The molecule has 1 aromatic carbocycles. The average molecular weight is 269 g/mol. The summed E-state index contributed by atoms with van der Waals surface area (Å²) in [6, 6.07) is 5.83. The molecule has 17 heavy (non-hydrogen) atoms. The Balaban J connectivity index is 2.15. The number of rotatable bonds is 4. The van der Waals surface area contributed by atoms with E-state index in [0.717, 1.165) is 17.1 Å². The van der Waals surface area contributed by atoms with Crippen molar-refractivity contribution in [2.45, 2.75) is 6.42 Å². The van der Waals surface area contributed by atoms with E-state index in [0.29, 0.717) is 10.8 Å². The molecule has 0 aliphatic carbocycles. The number of ether oxygens (including phenoxy) is 1. The van der Waals surface area contributed by atoms with Crippen molar-refractivity contribution < 1.29 is 4.74 Å². The highest BCUT2D eigenvalue weighted by Crippen LogP contribution is 2.27. The van der Waals surface area contributed by atoms with Gasteiger partial charge in [-0.25, -0.2) is 4.98 Å². The number of aromatic nitrogens is 1. The van der Waals surface area contributed by atoms with Gasteiger partial charge in [0.15, 0.2) is 5.13 Å². The summed E-state index contributed by atoms with van der Waals surface area (Å²) in [5.74, 6) is 0.704. The zero-order valence-corrected chi connectivity index (χ0v) is 11.2. The third kappa shape index (κ3) is 2.90. The van der Waals surface area contributed by atoms with Crippen molar-refractivity contribution in [2.75, 3.05) is 19.5 Å². The average Bonchev–Trinajstić information content (AvgIpc) is 2.77. The van der Waals surface area contributed by atoms with Crippen molar-refractivity contribution in [3.8, 4) is 5.75 Å². The molecule has 0 bridgehead atoms. The maximum Gasteiger partial charge on any atom is 0.182 e. The first-order chi connectivity index (χ1) is 8.22. The van der Waals surface area contributed by atoms with Crippen molar-refractivity contribution in [1.29, 1.82) is 0 Å². The summed E-state index contributed by atoms with van der Waals surface area (Å²) >= 11 is 7.73. The van der Waals surface area contributed by atoms with Crippen LogP contribution in [0.3, 0.4) is 0 Å².